The molecule has 0 aliphatic heterocycles. The van der Waals surface area contributed by atoms with Crippen molar-refractivity contribution in [2.75, 3.05) is 13.7 Å². The van der Waals surface area contributed by atoms with E-state index in [2.05, 4.69) is 53.1 Å². The summed E-state index contributed by atoms with van der Waals surface area (Å²) in [4.78, 5) is 4.89. The van der Waals surface area contributed by atoms with E-state index in [-0.39, 0.29) is 0 Å². The van der Waals surface area contributed by atoms with Gasteiger partial charge in [0.25, 0.3) is 0 Å². The van der Waals surface area contributed by atoms with Crippen molar-refractivity contribution in [1.29, 1.82) is 0 Å². The number of nitrogens with zero attached hydrogens (tertiary/aromatic N) is 2. The Balaban J connectivity index is 1.39. The van der Waals surface area contributed by atoms with Crippen molar-refractivity contribution in [2.45, 2.75) is 25.8 Å². The van der Waals surface area contributed by atoms with E-state index >= 15 is 0 Å². The molecular formula is C25H26N2O2. The van der Waals surface area contributed by atoms with Crippen molar-refractivity contribution in [3.63, 3.8) is 0 Å². The van der Waals surface area contributed by atoms with E-state index in [1.807, 2.05) is 30.3 Å². The average Bonchev–Trinajstić information content (AvgIpc) is 3.11. The molecule has 0 aliphatic rings. The molecule has 0 saturated heterocycles. The topological polar surface area (TPSA) is 36.3 Å². The molecule has 0 unspecified atom stereocenters. The lowest BCUT2D eigenvalue weighted by Crippen LogP contribution is -2.07. The highest BCUT2D eigenvalue weighted by atomic mass is 16.5. The van der Waals surface area contributed by atoms with Gasteiger partial charge in [0.1, 0.15) is 17.3 Å². The first-order chi connectivity index (χ1) is 14.3. The third kappa shape index (κ3) is 4.77. The number of hydrogen-bond acceptors (Lipinski definition) is 3. The molecule has 4 rings (SSSR count). The van der Waals surface area contributed by atoms with Gasteiger partial charge < -0.3 is 14.0 Å². The monoisotopic (exact) mass is 386 g/mol. The van der Waals surface area contributed by atoms with E-state index in [0.717, 1.165) is 48.6 Å². The first-order valence-electron chi connectivity index (χ1n) is 10.1. The predicted octanol–water partition coefficient (Wildman–Crippen LogP) is 5.49. The predicted molar refractivity (Wildman–Crippen MR) is 117 cm³/mol. The smallest absolute Gasteiger partial charge is 0.122 e. The molecule has 0 radical (unpaired) electrons. The third-order valence-corrected chi connectivity index (χ3v) is 5.02. The Morgan fingerprint density at radius 2 is 1.62 bits per heavy atom. The standard InChI is InChI=1S/C25H26N2O2/c1-28-21-12-9-13-22(19-21)29-17-8-7-16-27-24-15-6-5-14-23(24)26-25(27)18-20-10-3-2-4-11-20/h2-6,9-15,19H,7-8,16-18H2,1H3. The summed E-state index contributed by atoms with van der Waals surface area (Å²) in [6, 6.07) is 26.7. The zero-order chi connectivity index (χ0) is 19.9. The van der Waals surface area contributed by atoms with Crippen LogP contribution in [0.5, 0.6) is 11.5 Å². The van der Waals surface area contributed by atoms with Crippen LogP contribution in [0.1, 0.15) is 24.2 Å². The van der Waals surface area contributed by atoms with Crippen LogP contribution in [0, 0.1) is 0 Å². The van der Waals surface area contributed by atoms with E-state index < -0.39 is 0 Å². The summed E-state index contributed by atoms with van der Waals surface area (Å²) in [5, 5.41) is 0. The normalized spacial score (nSPS) is 10.9. The Bertz CT molecular complexity index is 1060. The molecule has 4 nitrogen and oxygen atoms in total. The molecule has 0 N–H and O–H groups in total. The van der Waals surface area contributed by atoms with Crippen molar-refractivity contribution in [3.05, 3.63) is 90.3 Å². The van der Waals surface area contributed by atoms with Crippen molar-refractivity contribution >= 4 is 11.0 Å². The molecule has 0 fully saturated rings. The second-order valence-corrected chi connectivity index (χ2v) is 7.07. The van der Waals surface area contributed by atoms with E-state index in [1.54, 1.807) is 7.11 Å². The molecule has 0 spiro atoms. The van der Waals surface area contributed by atoms with Crippen molar-refractivity contribution in [2.24, 2.45) is 0 Å². The fraction of sp³-hybridized carbons (Fsp3) is 0.240. The van der Waals surface area contributed by atoms with Crippen LogP contribution in [0.15, 0.2) is 78.9 Å². The summed E-state index contributed by atoms with van der Waals surface area (Å²) in [5.74, 6) is 2.78. The lowest BCUT2D eigenvalue weighted by Gasteiger charge is -2.11. The fourth-order valence-electron chi connectivity index (χ4n) is 3.54. The molecular weight excluding hydrogens is 360 g/mol. The van der Waals surface area contributed by atoms with Crippen molar-refractivity contribution in [3.8, 4) is 11.5 Å². The van der Waals surface area contributed by atoms with E-state index in [0.29, 0.717) is 6.61 Å². The molecule has 29 heavy (non-hydrogen) atoms. The van der Waals surface area contributed by atoms with Crippen LogP contribution in [0.4, 0.5) is 0 Å². The zero-order valence-electron chi connectivity index (χ0n) is 16.8. The summed E-state index contributed by atoms with van der Waals surface area (Å²) in [7, 11) is 1.67. The molecule has 0 amide bonds. The molecule has 0 atom stereocenters. The van der Waals surface area contributed by atoms with E-state index in [9.17, 15) is 0 Å². The summed E-state index contributed by atoms with van der Waals surface area (Å²) in [5.41, 5.74) is 3.55. The number of imidazole rings is 1. The first kappa shape index (κ1) is 19.1. The van der Waals surface area contributed by atoms with Gasteiger partial charge in [0, 0.05) is 19.0 Å². The van der Waals surface area contributed by atoms with Gasteiger partial charge in [0.2, 0.25) is 0 Å². The van der Waals surface area contributed by atoms with Crippen LogP contribution in [0.25, 0.3) is 11.0 Å². The molecule has 3 aromatic carbocycles. The molecule has 148 valence electrons. The number of benzene rings is 3. The van der Waals surface area contributed by atoms with Crippen LogP contribution < -0.4 is 9.47 Å². The van der Waals surface area contributed by atoms with E-state index in [4.69, 9.17) is 14.5 Å². The maximum absolute atomic E-state index is 5.88. The minimum atomic E-state index is 0.688. The van der Waals surface area contributed by atoms with E-state index in [1.165, 1.54) is 11.1 Å². The van der Waals surface area contributed by atoms with Gasteiger partial charge in [-0.2, -0.15) is 0 Å². The van der Waals surface area contributed by atoms with Crippen LogP contribution in [-0.4, -0.2) is 23.3 Å². The Morgan fingerprint density at radius 3 is 2.48 bits per heavy atom. The number of fused-ring (bicyclic) bond motifs is 1. The Kier molecular flexibility index (Phi) is 6.10. The highest BCUT2D eigenvalue weighted by molar-refractivity contribution is 5.76. The number of hydrogen-bond donors (Lipinski definition) is 0. The molecule has 4 aromatic rings. The van der Waals surface area contributed by atoms with Gasteiger partial charge in [-0.25, -0.2) is 4.98 Å². The van der Waals surface area contributed by atoms with Crippen LogP contribution in [0.3, 0.4) is 0 Å². The van der Waals surface area contributed by atoms with Gasteiger partial charge in [0.05, 0.1) is 24.8 Å². The maximum atomic E-state index is 5.88. The molecule has 0 bridgehead atoms. The van der Waals surface area contributed by atoms with Crippen molar-refractivity contribution < 1.29 is 9.47 Å². The lowest BCUT2D eigenvalue weighted by atomic mass is 10.1. The number of aromatic nitrogens is 2. The van der Waals surface area contributed by atoms with Gasteiger partial charge in [-0.05, 0) is 42.7 Å². The minimum Gasteiger partial charge on any atom is -0.497 e. The summed E-state index contributed by atoms with van der Waals surface area (Å²) < 4.78 is 13.5. The number of methoxy groups -OCH3 is 1. The van der Waals surface area contributed by atoms with Crippen LogP contribution in [0.2, 0.25) is 0 Å². The number of aryl methyl sites for hydroxylation is 1. The molecule has 1 heterocycles. The number of unbranched alkanes of at least 4 members (excludes halogenated alkanes) is 1. The van der Waals surface area contributed by atoms with Gasteiger partial charge in [-0.15, -0.1) is 0 Å². The molecule has 0 aliphatic carbocycles. The third-order valence-electron chi connectivity index (χ3n) is 5.02. The second-order valence-electron chi connectivity index (χ2n) is 7.07. The Labute approximate surface area is 171 Å². The SMILES string of the molecule is COc1cccc(OCCCCn2c(Cc3ccccc3)nc3ccccc32)c1. The minimum absolute atomic E-state index is 0.688. The van der Waals surface area contributed by atoms with Crippen molar-refractivity contribution in [1.82, 2.24) is 9.55 Å². The lowest BCUT2D eigenvalue weighted by molar-refractivity contribution is 0.301. The van der Waals surface area contributed by atoms with Gasteiger partial charge in [-0.3, -0.25) is 0 Å². The molecule has 1 aromatic heterocycles. The molecule has 0 saturated carbocycles. The summed E-state index contributed by atoms with van der Waals surface area (Å²) in [6.45, 7) is 1.62. The zero-order valence-corrected chi connectivity index (χ0v) is 16.8. The van der Waals surface area contributed by atoms with Crippen LogP contribution >= 0.6 is 0 Å². The van der Waals surface area contributed by atoms with Gasteiger partial charge >= 0.3 is 0 Å². The number of para-hydroxylation sites is 2. The van der Waals surface area contributed by atoms with Crippen LogP contribution in [-0.2, 0) is 13.0 Å². The Morgan fingerprint density at radius 1 is 0.828 bits per heavy atom. The first-order valence-corrected chi connectivity index (χ1v) is 10.1. The highest BCUT2D eigenvalue weighted by Gasteiger charge is 2.10. The quantitative estimate of drug-likeness (QED) is 0.357. The van der Waals surface area contributed by atoms with Gasteiger partial charge in [0.15, 0.2) is 0 Å². The number of ether oxygens (including phenoxy) is 2. The largest absolute Gasteiger partial charge is 0.497 e. The van der Waals surface area contributed by atoms with Gasteiger partial charge in [-0.1, -0.05) is 48.5 Å². The number of rotatable bonds is 9. The maximum Gasteiger partial charge on any atom is 0.122 e. The fourth-order valence-corrected chi connectivity index (χ4v) is 3.54. The Hall–Kier alpha value is -3.27. The average molecular weight is 386 g/mol. The second kappa shape index (κ2) is 9.28. The summed E-state index contributed by atoms with van der Waals surface area (Å²) in [6.07, 6.45) is 2.86. The summed E-state index contributed by atoms with van der Waals surface area (Å²) >= 11 is 0. The highest BCUT2D eigenvalue weighted by Crippen LogP contribution is 2.21. The molecule has 4 heteroatoms.